The summed E-state index contributed by atoms with van der Waals surface area (Å²) in [7, 11) is -2.79. The quantitative estimate of drug-likeness (QED) is 0.735. The maximum absolute atomic E-state index is 13.4. The molecular formula is C19H19F2N3O4S. The van der Waals surface area contributed by atoms with Gasteiger partial charge in [-0.15, -0.1) is 0 Å². The van der Waals surface area contributed by atoms with Crippen LogP contribution in [0.25, 0.3) is 0 Å². The van der Waals surface area contributed by atoms with Crippen LogP contribution < -0.4 is 4.72 Å². The van der Waals surface area contributed by atoms with Crippen LogP contribution in [0.15, 0.2) is 36.4 Å². The van der Waals surface area contributed by atoms with Gasteiger partial charge in [-0.3, -0.25) is 14.3 Å². The van der Waals surface area contributed by atoms with Crippen LogP contribution in [0.3, 0.4) is 0 Å². The molecule has 0 radical (unpaired) electrons. The largest absolute Gasteiger partial charge is 0.335 e. The lowest BCUT2D eigenvalue weighted by Gasteiger charge is -2.35. The van der Waals surface area contributed by atoms with E-state index in [-0.39, 0.29) is 24.6 Å². The molecule has 0 aliphatic carbocycles. The minimum atomic E-state index is -2.79. The first-order valence-electron chi connectivity index (χ1n) is 8.81. The molecule has 0 saturated carbocycles. The number of benzene rings is 2. The molecular weight excluding hydrogens is 404 g/mol. The van der Waals surface area contributed by atoms with E-state index in [0.717, 1.165) is 12.1 Å². The predicted octanol–water partition coefficient (Wildman–Crippen LogP) is 1.81. The molecule has 1 saturated heterocycles. The van der Waals surface area contributed by atoms with Crippen molar-refractivity contribution in [1.29, 1.82) is 0 Å². The molecule has 7 nitrogen and oxygen atoms in total. The number of nitrogens with one attached hydrogen (secondary N) is 1. The summed E-state index contributed by atoms with van der Waals surface area (Å²) in [4.78, 5) is 28.2. The zero-order valence-electron chi connectivity index (χ0n) is 15.5. The van der Waals surface area contributed by atoms with Crippen LogP contribution in [0.2, 0.25) is 0 Å². The van der Waals surface area contributed by atoms with Crippen LogP contribution in [0.4, 0.5) is 14.5 Å². The first kappa shape index (κ1) is 20.7. The number of hydrogen-bond acceptors (Lipinski definition) is 4. The highest BCUT2D eigenvalue weighted by Crippen LogP contribution is 2.19. The highest BCUT2D eigenvalue weighted by Gasteiger charge is 2.26. The molecule has 0 unspecified atom stereocenters. The molecule has 1 heterocycles. The molecule has 1 aliphatic heterocycles. The highest BCUT2D eigenvalue weighted by atomic mass is 32.2. The van der Waals surface area contributed by atoms with Gasteiger partial charge in [0.1, 0.15) is 0 Å². The number of nitrogens with zero attached hydrogens (tertiary/aromatic N) is 2. The van der Waals surface area contributed by atoms with Gasteiger partial charge >= 0.3 is 0 Å². The summed E-state index contributed by atoms with van der Waals surface area (Å²) in [6.45, 7) is 2.80. The monoisotopic (exact) mass is 423 g/mol. The fraction of sp³-hybridized carbons (Fsp3) is 0.263. The Morgan fingerprint density at radius 2 is 1.38 bits per heavy atom. The lowest BCUT2D eigenvalue weighted by Crippen LogP contribution is -2.50. The van der Waals surface area contributed by atoms with Crippen molar-refractivity contribution < 1.29 is 26.8 Å². The number of anilines is 1. The van der Waals surface area contributed by atoms with Crippen molar-refractivity contribution in [2.24, 2.45) is 0 Å². The predicted molar refractivity (Wildman–Crippen MR) is 103 cm³/mol. The summed E-state index contributed by atoms with van der Waals surface area (Å²) in [6, 6.07) is 7.66. The number of rotatable bonds is 4. The molecule has 154 valence electrons. The Bertz CT molecular complexity index is 1030. The van der Waals surface area contributed by atoms with E-state index in [1.807, 2.05) is 0 Å². The highest BCUT2D eigenvalue weighted by molar-refractivity contribution is 7.73. The van der Waals surface area contributed by atoms with E-state index in [2.05, 4.69) is 4.72 Å². The summed E-state index contributed by atoms with van der Waals surface area (Å²) in [5.74, 6) is -2.75. The Morgan fingerprint density at radius 3 is 1.86 bits per heavy atom. The molecule has 2 aromatic rings. The smallest absolute Gasteiger partial charge is 0.254 e. The first-order chi connectivity index (χ1) is 13.8. The fourth-order valence-corrected chi connectivity index (χ4v) is 3.58. The molecule has 0 atom stereocenters. The Labute approximate surface area is 168 Å². The van der Waals surface area contributed by atoms with Gasteiger partial charge in [-0.1, -0.05) is 0 Å². The third-order valence-corrected chi connectivity index (χ3v) is 5.13. The number of amides is 2. The summed E-state index contributed by atoms with van der Waals surface area (Å²) in [5.41, 5.74) is 1.48. The van der Waals surface area contributed by atoms with Gasteiger partial charge < -0.3 is 9.80 Å². The number of halogens is 2. The van der Waals surface area contributed by atoms with E-state index in [1.165, 1.54) is 23.1 Å². The molecule has 10 heteroatoms. The van der Waals surface area contributed by atoms with Crippen molar-refractivity contribution in [3.63, 3.8) is 0 Å². The molecule has 3 rings (SSSR count). The Hall–Kier alpha value is -3.01. The number of carbonyl (C=O) groups is 2. The molecule has 2 amide bonds. The molecule has 1 aliphatic rings. The van der Waals surface area contributed by atoms with Gasteiger partial charge in [0.05, 0.1) is 5.69 Å². The Kier molecular flexibility index (Phi) is 6.12. The van der Waals surface area contributed by atoms with Gasteiger partial charge in [0, 0.05) is 37.3 Å². The van der Waals surface area contributed by atoms with Gasteiger partial charge in [0.25, 0.3) is 11.8 Å². The lowest BCUT2D eigenvalue weighted by molar-refractivity contribution is 0.0535. The average molecular weight is 423 g/mol. The normalized spacial score (nSPS) is 14.2. The van der Waals surface area contributed by atoms with Crippen molar-refractivity contribution in [3.8, 4) is 0 Å². The van der Waals surface area contributed by atoms with Gasteiger partial charge in [-0.2, -0.15) is 0 Å². The number of hydrogen-bond donors (Lipinski definition) is 2. The van der Waals surface area contributed by atoms with Gasteiger partial charge in [0.15, 0.2) is 11.6 Å². The SMILES string of the molecule is Cc1cc(C(=O)N2CCN(C(=O)c3ccc(F)c(F)c3)CC2)ccc1N[SH](=O)=O. The van der Waals surface area contributed by atoms with Gasteiger partial charge in [-0.05, 0) is 48.9 Å². The van der Waals surface area contributed by atoms with Crippen LogP contribution >= 0.6 is 0 Å². The van der Waals surface area contributed by atoms with E-state index >= 15 is 0 Å². The third-order valence-electron chi connectivity index (χ3n) is 4.71. The van der Waals surface area contributed by atoms with Crippen LogP contribution in [0.5, 0.6) is 0 Å². The zero-order chi connectivity index (χ0) is 21.1. The van der Waals surface area contributed by atoms with E-state index in [4.69, 9.17) is 0 Å². The Balaban J connectivity index is 1.64. The topological polar surface area (TPSA) is 86.8 Å². The van der Waals surface area contributed by atoms with E-state index < -0.39 is 28.4 Å². The zero-order valence-corrected chi connectivity index (χ0v) is 16.4. The number of carbonyl (C=O) groups excluding carboxylic acids is 2. The molecule has 2 aromatic carbocycles. The van der Waals surface area contributed by atoms with Crippen molar-refractivity contribution in [3.05, 3.63) is 64.7 Å². The second-order valence-corrected chi connectivity index (χ2v) is 7.35. The van der Waals surface area contributed by atoms with Crippen LogP contribution in [-0.2, 0) is 10.9 Å². The Morgan fingerprint density at radius 1 is 0.862 bits per heavy atom. The first-order valence-corrected chi connectivity index (χ1v) is 9.99. The van der Waals surface area contributed by atoms with E-state index in [1.54, 1.807) is 17.9 Å². The standard InChI is InChI=1S/C19H19F2N3O4S/c1-12-10-13(3-5-17(12)22-29(27)28)18(25)23-6-8-24(9-7-23)19(26)14-2-4-15(20)16(21)11-14/h2-5,10-11,29H,6-9H2,1H3,(H,22,27,28). The van der Waals surface area contributed by atoms with Crippen molar-refractivity contribution in [2.75, 3.05) is 30.9 Å². The van der Waals surface area contributed by atoms with E-state index in [0.29, 0.717) is 29.9 Å². The molecule has 29 heavy (non-hydrogen) atoms. The fourth-order valence-electron chi connectivity index (χ4n) is 3.13. The molecule has 0 spiro atoms. The van der Waals surface area contributed by atoms with Crippen molar-refractivity contribution >= 4 is 28.4 Å². The van der Waals surface area contributed by atoms with E-state index in [9.17, 15) is 26.8 Å². The van der Waals surface area contributed by atoms with Crippen molar-refractivity contribution in [1.82, 2.24) is 9.80 Å². The molecule has 1 N–H and O–H groups in total. The summed E-state index contributed by atoms with van der Waals surface area (Å²) >= 11 is 0. The summed E-state index contributed by atoms with van der Waals surface area (Å²) in [6.07, 6.45) is 0. The van der Waals surface area contributed by atoms with Crippen LogP contribution in [0, 0.1) is 18.6 Å². The summed E-state index contributed by atoms with van der Waals surface area (Å²) in [5, 5.41) is 0. The maximum Gasteiger partial charge on any atom is 0.254 e. The molecule has 0 aromatic heterocycles. The minimum absolute atomic E-state index is 0.0547. The second-order valence-electron chi connectivity index (χ2n) is 6.61. The molecule has 1 fully saturated rings. The van der Waals surface area contributed by atoms with Gasteiger partial charge in [-0.25, -0.2) is 17.2 Å². The molecule has 0 bridgehead atoms. The number of piperazine rings is 1. The minimum Gasteiger partial charge on any atom is -0.335 e. The summed E-state index contributed by atoms with van der Waals surface area (Å²) < 4.78 is 50.3. The third kappa shape index (κ3) is 4.70. The van der Waals surface area contributed by atoms with Crippen molar-refractivity contribution in [2.45, 2.75) is 6.92 Å². The van der Waals surface area contributed by atoms with Crippen LogP contribution in [0.1, 0.15) is 26.3 Å². The van der Waals surface area contributed by atoms with Gasteiger partial charge in [0.2, 0.25) is 10.9 Å². The number of thiol groups is 1. The number of aryl methyl sites for hydroxylation is 1. The second kappa shape index (κ2) is 8.56. The maximum atomic E-state index is 13.4. The average Bonchev–Trinajstić information content (AvgIpc) is 2.70. The van der Waals surface area contributed by atoms with Crippen LogP contribution in [-0.4, -0.2) is 56.2 Å². The lowest BCUT2D eigenvalue weighted by atomic mass is 10.1.